The van der Waals surface area contributed by atoms with Crippen molar-refractivity contribution in [2.75, 3.05) is 13.1 Å². The first-order valence-electron chi connectivity index (χ1n) is 7.10. The average Bonchev–Trinajstić information content (AvgIpc) is 2.81. The van der Waals surface area contributed by atoms with Crippen LogP contribution in [0.1, 0.15) is 35.2 Å². The SMILES string of the molecule is C1CCNCC1.Cc1cccc2c1c(C(=O)O)cn2C. The molecule has 0 unspecified atom stereocenters. The van der Waals surface area contributed by atoms with Gasteiger partial charge in [-0.3, -0.25) is 0 Å². The number of aromatic nitrogens is 1. The number of hydrogen-bond donors (Lipinski definition) is 2. The van der Waals surface area contributed by atoms with E-state index in [9.17, 15) is 4.79 Å². The van der Waals surface area contributed by atoms with Crippen LogP contribution in [0.15, 0.2) is 24.4 Å². The Kier molecular flexibility index (Phi) is 4.79. The number of nitrogens with one attached hydrogen (secondary N) is 1. The number of rotatable bonds is 1. The first kappa shape index (κ1) is 14.6. The highest BCUT2D eigenvalue weighted by atomic mass is 16.4. The predicted molar refractivity (Wildman–Crippen MR) is 81.3 cm³/mol. The number of carboxylic acids is 1. The van der Waals surface area contributed by atoms with Crippen molar-refractivity contribution in [3.8, 4) is 0 Å². The molecule has 2 N–H and O–H groups in total. The molecule has 2 heterocycles. The largest absolute Gasteiger partial charge is 0.478 e. The molecule has 4 nitrogen and oxygen atoms in total. The molecule has 0 aliphatic carbocycles. The van der Waals surface area contributed by atoms with Gasteiger partial charge in [-0.1, -0.05) is 18.6 Å². The average molecular weight is 274 g/mol. The number of nitrogens with zero attached hydrogens (tertiary/aromatic N) is 1. The molecule has 0 amide bonds. The summed E-state index contributed by atoms with van der Waals surface area (Å²) in [6.45, 7) is 4.43. The number of aryl methyl sites for hydroxylation is 2. The van der Waals surface area contributed by atoms with Crippen LogP contribution in [-0.4, -0.2) is 28.7 Å². The van der Waals surface area contributed by atoms with Crippen molar-refractivity contribution in [3.63, 3.8) is 0 Å². The van der Waals surface area contributed by atoms with Crippen LogP contribution in [0.2, 0.25) is 0 Å². The zero-order valence-electron chi connectivity index (χ0n) is 12.1. The third-order valence-electron chi connectivity index (χ3n) is 3.66. The predicted octanol–water partition coefficient (Wildman–Crippen LogP) is 2.94. The molecule has 4 heteroatoms. The topological polar surface area (TPSA) is 54.3 Å². The third kappa shape index (κ3) is 3.20. The fourth-order valence-electron chi connectivity index (χ4n) is 2.59. The molecule has 108 valence electrons. The molecule has 0 atom stereocenters. The maximum absolute atomic E-state index is 11.0. The summed E-state index contributed by atoms with van der Waals surface area (Å²) < 4.78 is 1.84. The summed E-state index contributed by atoms with van der Waals surface area (Å²) in [4.78, 5) is 11.0. The zero-order chi connectivity index (χ0) is 14.5. The Balaban J connectivity index is 0.000000205. The molecule has 1 aromatic heterocycles. The summed E-state index contributed by atoms with van der Waals surface area (Å²) in [5.41, 5.74) is 2.34. The van der Waals surface area contributed by atoms with E-state index in [0.29, 0.717) is 5.56 Å². The Hall–Kier alpha value is -1.81. The van der Waals surface area contributed by atoms with Crippen molar-refractivity contribution in [1.82, 2.24) is 9.88 Å². The molecule has 1 fully saturated rings. The van der Waals surface area contributed by atoms with Gasteiger partial charge in [0, 0.05) is 24.1 Å². The summed E-state index contributed by atoms with van der Waals surface area (Å²) in [6, 6.07) is 5.78. The Labute approximate surface area is 119 Å². The molecule has 0 saturated carbocycles. The first-order chi connectivity index (χ1) is 9.61. The van der Waals surface area contributed by atoms with E-state index in [-0.39, 0.29) is 0 Å². The van der Waals surface area contributed by atoms with Gasteiger partial charge in [0.25, 0.3) is 0 Å². The Morgan fingerprint density at radius 2 is 1.95 bits per heavy atom. The highest BCUT2D eigenvalue weighted by Crippen LogP contribution is 2.23. The minimum Gasteiger partial charge on any atom is -0.478 e. The maximum atomic E-state index is 11.0. The first-order valence-corrected chi connectivity index (χ1v) is 7.10. The van der Waals surface area contributed by atoms with Gasteiger partial charge in [0.15, 0.2) is 0 Å². The summed E-state index contributed by atoms with van der Waals surface area (Å²) in [5.74, 6) is -0.870. The number of benzene rings is 1. The van der Waals surface area contributed by atoms with E-state index < -0.39 is 5.97 Å². The molecule has 20 heavy (non-hydrogen) atoms. The van der Waals surface area contributed by atoms with Crippen LogP contribution in [0.4, 0.5) is 0 Å². The van der Waals surface area contributed by atoms with E-state index in [1.165, 1.54) is 32.4 Å². The lowest BCUT2D eigenvalue weighted by Crippen LogP contribution is -2.21. The van der Waals surface area contributed by atoms with E-state index in [2.05, 4.69) is 5.32 Å². The lowest BCUT2D eigenvalue weighted by Gasteiger charge is -2.08. The van der Waals surface area contributed by atoms with Gasteiger partial charge in [-0.2, -0.15) is 0 Å². The lowest BCUT2D eigenvalue weighted by molar-refractivity contribution is 0.0699. The van der Waals surface area contributed by atoms with Crippen LogP contribution in [0.25, 0.3) is 10.9 Å². The van der Waals surface area contributed by atoms with Gasteiger partial charge in [0.1, 0.15) is 0 Å². The number of hydrogen-bond acceptors (Lipinski definition) is 2. The van der Waals surface area contributed by atoms with Crippen LogP contribution in [0.3, 0.4) is 0 Å². The smallest absolute Gasteiger partial charge is 0.337 e. The lowest BCUT2D eigenvalue weighted by atomic mass is 10.1. The van der Waals surface area contributed by atoms with Gasteiger partial charge in [-0.15, -0.1) is 0 Å². The molecule has 3 rings (SSSR count). The van der Waals surface area contributed by atoms with Crippen molar-refractivity contribution >= 4 is 16.9 Å². The van der Waals surface area contributed by atoms with Crippen LogP contribution >= 0.6 is 0 Å². The second kappa shape index (κ2) is 6.57. The van der Waals surface area contributed by atoms with Crippen LogP contribution in [0.5, 0.6) is 0 Å². The molecule has 2 aromatic rings. The second-order valence-corrected chi connectivity index (χ2v) is 5.24. The molecule has 1 aliphatic rings. The molecule has 0 spiro atoms. The molecule has 1 aliphatic heterocycles. The Morgan fingerprint density at radius 3 is 2.45 bits per heavy atom. The quantitative estimate of drug-likeness (QED) is 0.840. The highest BCUT2D eigenvalue weighted by Gasteiger charge is 2.13. The van der Waals surface area contributed by atoms with Crippen molar-refractivity contribution in [1.29, 1.82) is 0 Å². The van der Waals surface area contributed by atoms with Crippen LogP contribution in [0, 0.1) is 6.92 Å². The summed E-state index contributed by atoms with van der Waals surface area (Å²) in [5, 5.41) is 13.1. The van der Waals surface area contributed by atoms with Crippen molar-refractivity contribution < 1.29 is 9.90 Å². The maximum Gasteiger partial charge on any atom is 0.337 e. The summed E-state index contributed by atoms with van der Waals surface area (Å²) in [7, 11) is 1.86. The zero-order valence-corrected chi connectivity index (χ0v) is 12.1. The number of fused-ring (bicyclic) bond motifs is 1. The van der Waals surface area contributed by atoms with E-state index in [1.54, 1.807) is 6.20 Å². The number of piperidine rings is 1. The standard InChI is InChI=1S/C11H11NO2.C5H11N/c1-7-4-3-5-9-10(7)8(11(13)14)6-12(9)2;1-2-4-6-5-3-1/h3-6H,1-2H3,(H,13,14);6H,1-5H2. The minimum atomic E-state index is -0.870. The van der Waals surface area contributed by atoms with Crippen LogP contribution < -0.4 is 5.32 Å². The molecular formula is C16H22N2O2. The van der Waals surface area contributed by atoms with Gasteiger partial charge in [0.05, 0.1) is 5.56 Å². The summed E-state index contributed by atoms with van der Waals surface area (Å²) >= 11 is 0. The third-order valence-corrected chi connectivity index (χ3v) is 3.66. The van der Waals surface area contributed by atoms with E-state index >= 15 is 0 Å². The van der Waals surface area contributed by atoms with Crippen molar-refractivity contribution in [3.05, 3.63) is 35.5 Å². The molecule has 0 radical (unpaired) electrons. The van der Waals surface area contributed by atoms with Gasteiger partial charge < -0.3 is 15.0 Å². The Morgan fingerprint density at radius 1 is 1.25 bits per heavy atom. The van der Waals surface area contributed by atoms with E-state index in [4.69, 9.17) is 5.11 Å². The molecule has 0 bridgehead atoms. The Bertz CT molecular complexity index is 586. The summed E-state index contributed by atoms with van der Waals surface area (Å²) in [6.07, 6.45) is 5.87. The van der Waals surface area contributed by atoms with Crippen molar-refractivity contribution in [2.24, 2.45) is 7.05 Å². The molecule has 1 aromatic carbocycles. The second-order valence-electron chi connectivity index (χ2n) is 5.24. The number of aromatic carboxylic acids is 1. The number of carboxylic acid groups (broad SMARTS) is 1. The monoisotopic (exact) mass is 274 g/mol. The number of carbonyl (C=O) groups is 1. The normalized spacial score (nSPS) is 14.7. The van der Waals surface area contributed by atoms with Gasteiger partial charge >= 0.3 is 5.97 Å². The fraction of sp³-hybridized carbons (Fsp3) is 0.438. The van der Waals surface area contributed by atoms with Gasteiger partial charge in [-0.05, 0) is 44.5 Å². The molecular weight excluding hydrogens is 252 g/mol. The van der Waals surface area contributed by atoms with E-state index in [1.807, 2.05) is 36.7 Å². The van der Waals surface area contributed by atoms with Gasteiger partial charge in [-0.25, -0.2) is 4.79 Å². The fourth-order valence-corrected chi connectivity index (χ4v) is 2.59. The van der Waals surface area contributed by atoms with Crippen molar-refractivity contribution in [2.45, 2.75) is 26.2 Å². The van der Waals surface area contributed by atoms with Crippen LogP contribution in [-0.2, 0) is 7.05 Å². The van der Waals surface area contributed by atoms with E-state index in [0.717, 1.165) is 16.5 Å². The minimum absolute atomic E-state index is 0.376. The highest BCUT2D eigenvalue weighted by molar-refractivity contribution is 6.04. The van der Waals surface area contributed by atoms with Gasteiger partial charge in [0.2, 0.25) is 0 Å². The molecule has 1 saturated heterocycles.